The number of esters is 1. The van der Waals surface area contributed by atoms with E-state index in [1.54, 1.807) is 44.6 Å². The van der Waals surface area contributed by atoms with Crippen molar-refractivity contribution in [2.24, 2.45) is 0 Å². The average Bonchev–Trinajstić information content (AvgIpc) is 2.80. The molecule has 2 aromatic rings. The second kappa shape index (κ2) is 10.2. The number of carbonyl (C=O) groups excluding carboxylic acids is 2. The van der Waals surface area contributed by atoms with Crippen LogP contribution in [-0.2, 0) is 9.53 Å². The maximum absolute atomic E-state index is 12.6. The van der Waals surface area contributed by atoms with Crippen LogP contribution in [0.25, 0.3) is 0 Å². The maximum Gasteiger partial charge on any atom is 0.337 e. The van der Waals surface area contributed by atoms with Crippen molar-refractivity contribution in [1.82, 2.24) is 4.90 Å². The monoisotopic (exact) mass is 427 g/mol. The zero-order valence-electron chi connectivity index (χ0n) is 18.4. The van der Waals surface area contributed by atoms with E-state index in [2.05, 4.69) is 22.0 Å². The van der Waals surface area contributed by atoms with E-state index in [1.807, 2.05) is 12.1 Å². The third kappa shape index (κ3) is 5.46. The maximum atomic E-state index is 12.6. The van der Waals surface area contributed by atoms with Gasteiger partial charge in [0.15, 0.2) is 0 Å². The molecule has 0 bridgehead atoms. The first-order chi connectivity index (χ1) is 14.9. The Morgan fingerprint density at radius 1 is 1.03 bits per heavy atom. The predicted molar refractivity (Wildman–Crippen MR) is 119 cm³/mol. The van der Waals surface area contributed by atoms with Crippen molar-refractivity contribution in [3.8, 4) is 11.5 Å². The highest BCUT2D eigenvalue weighted by atomic mass is 16.5. The van der Waals surface area contributed by atoms with Crippen molar-refractivity contribution in [3.63, 3.8) is 0 Å². The first kappa shape index (κ1) is 22.4. The number of nitrogens with zero attached hydrogens (tertiary/aromatic N) is 2. The number of piperazine rings is 1. The molecule has 1 amide bonds. The van der Waals surface area contributed by atoms with Crippen LogP contribution in [0.2, 0.25) is 0 Å². The molecule has 2 aromatic carbocycles. The van der Waals surface area contributed by atoms with Gasteiger partial charge < -0.3 is 24.4 Å². The highest BCUT2D eigenvalue weighted by Gasteiger charge is 2.26. The first-order valence-electron chi connectivity index (χ1n) is 10.1. The lowest BCUT2D eigenvalue weighted by molar-refractivity contribution is -0.117. The topological polar surface area (TPSA) is 80.3 Å². The summed E-state index contributed by atoms with van der Waals surface area (Å²) in [6.45, 7) is 4.74. The number of hydrogen-bond acceptors (Lipinski definition) is 7. The second-order valence-electron chi connectivity index (χ2n) is 7.42. The lowest BCUT2D eigenvalue weighted by Gasteiger charge is -2.40. The summed E-state index contributed by atoms with van der Waals surface area (Å²) in [6, 6.07) is 12.9. The minimum absolute atomic E-state index is 0.0915. The Bertz CT molecular complexity index is 916. The summed E-state index contributed by atoms with van der Waals surface area (Å²) in [5.41, 5.74) is 2.19. The minimum Gasteiger partial charge on any atom is -0.497 e. The highest BCUT2D eigenvalue weighted by Crippen LogP contribution is 2.29. The Morgan fingerprint density at radius 3 is 2.39 bits per heavy atom. The molecule has 1 heterocycles. The summed E-state index contributed by atoms with van der Waals surface area (Å²) in [5, 5.41) is 2.93. The van der Waals surface area contributed by atoms with Crippen LogP contribution in [0, 0.1) is 0 Å². The summed E-state index contributed by atoms with van der Waals surface area (Å²) < 4.78 is 15.3. The number of amides is 1. The molecule has 1 N–H and O–H groups in total. The Balaban J connectivity index is 1.56. The fraction of sp³-hybridized carbons (Fsp3) is 0.391. The molecular formula is C23H29N3O5. The molecule has 31 heavy (non-hydrogen) atoms. The van der Waals surface area contributed by atoms with Crippen molar-refractivity contribution in [1.29, 1.82) is 0 Å². The molecule has 3 rings (SSSR count). The number of anilines is 2. The first-order valence-corrected chi connectivity index (χ1v) is 10.1. The minimum atomic E-state index is -0.343. The van der Waals surface area contributed by atoms with Crippen LogP contribution >= 0.6 is 0 Å². The van der Waals surface area contributed by atoms with Crippen molar-refractivity contribution in [2.75, 3.05) is 57.7 Å². The molecular weight excluding hydrogens is 398 g/mol. The van der Waals surface area contributed by atoms with Gasteiger partial charge in [-0.1, -0.05) is 0 Å². The smallest absolute Gasteiger partial charge is 0.337 e. The van der Waals surface area contributed by atoms with Gasteiger partial charge in [0.2, 0.25) is 5.91 Å². The summed E-state index contributed by atoms with van der Waals surface area (Å²) >= 11 is 0. The van der Waals surface area contributed by atoms with E-state index in [0.717, 1.165) is 25.3 Å². The van der Waals surface area contributed by atoms with Crippen molar-refractivity contribution < 1.29 is 23.8 Å². The normalized spacial score (nSPS) is 16.5. The largest absolute Gasteiger partial charge is 0.497 e. The van der Waals surface area contributed by atoms with E-state index in [0.29, 0.717) is 29.3 Å². The molecule has 1 unspecified atom stereocenters. The summed E-state index contributed by atoms with van der Waals surface area (Å²) in [6.07, 6.45) is 0. The SMILES string of the molecule is COC(=O)c1ccc(N2CCN(CC(=O)Nc3ccc(OC)cc3OC)C(C)C2)cc1. The fourth-order valence-electron chi connectivity index (χ4n) is 3.67. The van der Waals surface area contributed by atoms with E-state index < -0.39 is 0 Å². The van der Waals surface area contributed by atoms with E-state index in [-0.39, 0.29) is 17.9 Å². The Labute approximate surface area is 182 Å². The number of rotatable bonds is 7. The van der Waals surface area contributed by atoms with Gasteiger partial charge in [-0.15, -0.1) is 0 Å². The van der Waals surface area contributed by atoms with Gasteiger partial charge in [-0.3, -0.25) is 9.69 Å². The molecule has 1 aliphatic rings. The summed E-state index contributed by atoms with van der Waals surface area (Å²) in [4.78, 5) is 28.7. The van der Waals surface area contributed by atoms with Gasteiger partial charge in [0, 0.05) is 37.4 Å². The second-order valence-corrected chi connectivity index (χ2v) is 7.42. The molecule has 8 nitrogen and oxygen atoms in total. The van der Waals surface area contributed by atoms with Gasteiger partial charge in [-0.05, 0) is 43.3 Å². The molecule has 0 spiro atoms. The van der Waals surface area contributed by atoms with E-state index >= 15 is 0 Å². The quantitative estimate of drug-likeness (QED) is 0.681. The number of ether oxygens (including phenoxy) is 3. The van der Waals surface area contributed by atoms with Gasteiger partial charge in [0.25, 0.3) is 0 Å². The third-order valence-corrected chi connectivity index (χ3v) is 5.45. The highest BCUT2D eigenvalue weighted by molar-refractivity contribution is 5.94. The van der Waals surface area contributed by atoms with E-state index in [4.69, 9.17) is 14.2 Å². The van der Waals surface area contributed by atoms with Gasteiger partial charge >= 0.3 is 5.97 Å². The van der Waals surface area contributed by atoms with E-state index in [9.17, 15) is 9.59 Å². The number of hydrogen-bond donors (Lipinski definition) is 1. The predicted octanol–water partition coefficient (Wildman–Crippen LogP) is 2.64. The van der Waals surface area contributed by atoms with Crippen molar-refractivity contribution >= 4 is 23.3 Å². The van der Waals surface area contributed by atoms with Crippen LogP contribution in [-0.4, -0.2) is 70.3 Å². The summed E-state index contributed by atoms with van der Waals surface area (Å²) in [7, 11) is 4.52. The van der Waals surface area contributed by atoms with Crippen LogP contribution in [0.4, 0.5) is 11.4 Å². The van der Waals surface area contributed by atoms with Gasteiger partial charge in [0.05, 0.1) is 39.1 Å². The number of carbonyl (C=O) groups is 2. The molecule has 1 atom stereocenters. The zero-order valence-corrected chi connectivity index (χ0v) is 18.4. The number of nitrogens with one attached hydrogen (secondary N) is 1. The number of methoxy groups -OCH3 is 3. The molecule has 1 saturated heterocycles. The molecule has 0 aliphatic carbocycles. The number of benzene rings is 2. The Kier molecular flexibility index (Phi) is 7.36. The molecule has 1 fully saturated rings. The molecule has 0 saturated carbocycles. The zero-order chi connectivity index (χ0) is 22.4. The molecule has 0 aromatic heterocycles. The summed E-state index contributed by atoms with van der Waals surface area (Å²) in [5.74, 6) is 0.788. The van der Waals surface area contributed by atoms with Gasteiger partial charge in [0.1, 0.15) is 11.5 Å². The van der Waals surface area contributed by atoms with E-state index in [1.165, 1.54) is 7.11 Å². The lowest BCUT2D eigenvalue weighted by atomic mass is 10.1. The van der Waals surface area contributed by atoms with Crippen molar-refractivity contribution in [2.45, 2.75) is 13.0 Å². The van der Waals surface area contributed by atoms with Crippen LogP contribution in [0.3, 0.4) is 0 Å². The average molecular weight is 428 g/mol. The Morgan fingerprint density at radius 2 is 1.77 bits per heavy atom. The standard InChI is InChI=1S/C23H29N3O5/c1-16-14-26(18-7-5-17(6-8-18)23(28)31-4)12-11-25(16)15-22(27)24-20-10-9-19(29-2)13-21(20)30-3/h5-10,13,16H,11-12,14-15H2,1-4H3,(H,24,27). The molecule has 8 heteroatoms. The van der Waals surface area contributed by atoms with Gasteiger partial charge in [-0.2, -0.15) is 0 Å². The van der Waals surface area contributed by atoms with Crippen LogP contribution in [0.5, 0.6) is 11.5 Å². The third-order valence-electron chi connectivity index (χ3n) is 5.45. The van der Waals surface area contributed by atoms with Crippen LogP contribution < -0.4 is 19.7 Å². The molecule has 0 radical (unpaired) electrons. The van der Waals surface area contributed by atoms with Gasteiger partial charge in [-0.25, -0.2) is 4.79 Å². The molecule has 1 aliphatic heterocycles. The molecule has 166 valence electrons. The fourth-order valence-corrected chi connectivity index (χ4v) is 3.67. The lowest BCUT2D eigenvalue weighted by Crippen LogP contribution is -2.53. The van der Waals surface area contributed by atoms with Crippen LogP contribution in [0.15, 0.2) is 42.5 Å². The Hall–Kier alpha value is -3.26. The van der Waals surface area contributed by atoms with Crippen LogP contribution in [0.1, 0.15) is 17.3 Å². The van der Waals surface area contributed by atoms with Crippen molar-refractivity contribution in [3.05, 3.63) is 48.0 Å².